The Labute approximate surface area is 237 Å². The molecule has 0 radical (unpaired) electrons. The second-order valence-corrected chi connectivity index (χ2v) is 11.4. The van der Waals surface area contributed by atoms with Crippen LogP contribution in [0.15, 0.2) is 54.9 Å². The summed E-state index contributed by atoms with van der Waals surface area (Å²) in [7, 11) is 0. The summed E-state index contributed by atoms with van der Waals surface area (Å²) in [6, 6.07) is 15.6. The summed E-state index contributed by atoms with van der Waals surface area (Å²) in [6.07, 6.45) is 12.1. The molecule has 1 fully saturated rings. The zero-order valence-electron chi connectivity index (χ0n) is 23.8. The van der Waals surface area contributed by atoms with E-state index in [1.54, 1.807) is 0 Å². The van der Waals surface area contributed by atoms with Gasteiger partial charge in [0, 0.05) is 61.4 Å². The zero-order chi connectivity index (χ0) is 27.3. The Morgan fingerprint density at radius 1 is 1.00 bits per heavy atom. The molecule has 1 atom stereocenters. The number of nitrogens with zero attached hydrogens (tertiary/aromatic N) is 5. The van der Waals surface area contributed by atoms with Crippen LogP contribution < -0.4 is 5.32 Å². The highest BCUT2D eigenvalue weighted by atomic mass is 16.2. The lowest BCUT2D eigenvalue weighted by atomic mass is 9.90. The van der Waals surface area contributed by atoms with Gasteiger partial charge in [-0.25, -0.2) is 0 Å². The molecule has 1 amide bonds. The van der Waals surface area contributed by atoms with Crippen molar-refractivity contribution in [2.24, 2.45) is 0 Å². The first-order valence-electron chi connectivity index (χ1n) is 15.2. The first-order chi connectivity index (χ1) is 19.7. The second-order valence-electron chi connectivity index (χ2n) is 11.4. The molecular weight excluding hydrogens is 496 g/mol. The number of aromatic nitrogens is 3. The topological polar surface area (TPSA) is 66.3 Å². The average Bonchev–Trinajstić information content (AvgIpc) is 3.31. The van der Waals surface area contributed by atoms with Crippen LogP contribution in [0.1, 0.15) is 68.4 Å². The van der Waals surface area contributed by atoms with Gasteiger partial charge in [0.2, 0.25) is 5.91 Å². The molecule has 2 aliphatic rings. The highest BCUT2D eigenvalue weighted by molar-refractivity contribution is 6.08. The zero-order valence-corrected chi connectivity index (χ0v) is 23.8. The number of carbonyl (C=O) groups is 1. The van der Waals surface area contributed by atoms with Crippen molar-refractivity contribution in [2.45, 2.75) is 71.0 Å². The largest absolute Gasteiger partial charge is 0.354 e. The highest BCUT2D eigenvalue weighted by Gasteiger charge is 2.28. The van der Waals surface area contributed by atoms with Crippen molar-refractivity contribution in [2.75, 3.05) is 32.7 Å². The number of para-hydroxylation sites is 1. The van der Waals surface area contributed by atoms with Crippen molar-refractivity contribution in [3.8, 4) is 0 Å². The van der Waals surface area contributed by atoms with Gasteiger partial charge in [-0.15, -0.1) is 0 Å². The van der Waals surface area contributed by atoms with E-state index in [4.69, 9.17) is 9.97 Å². The lowest BCUT2D eigenvalue weighted by Gasteiger charge is -2.35. The summed E-state index contributed by atoms with van der Waals surface area (Å²) in [5, 5.41) is 5.52. The van der Waals surface area contributed by atoms with Gasteiger partial charge < -0.3 is 9.88 Å². The number of hydrogen-bond acceptors (Lipinski definition) is 5. The minimum absolute atomic E-state index is 0.136. The van der Waals surface area contributed by atoms with Gasteiger partial charge in [-0.2, -0.15) is 0 Å². The van der Waals surface area contributed by atoms with Crippen LogP contribution in [0.3, 0.4) is 0 Å². The molecule has 1 aromatic carbocycles. The summed E-state index contributed by atoms with van der Waals surface area (Å²) < 4.78 is 2.49. The molecule has 0 spiro atoms. The molecule has 0 saturated carbocycles. The molecule has 7 nitrogen and oxygen atoms in total. The number of hydrogen-bond donors (Lipinski definition) is 1. The van der Waals surface area contributed by atoms with E-state index in [1.165, 1.54) is 58.7 Å². The molecule has 7 heteroatoms. The van der Waals surface area contributed by atoms with E-state index in [0.717, 1.165) is 64.2 Å². The van der Waals surface area contributed by atoms with Gasteiger partial charge in [-0.1, -0.05) is 44.0 Å². The number of aryl methyl sites for hydroxylation is 2. The average molecular weight is 539 g/mol. The van der Waals surface area contributed by atoms with E-state index in [9.17, 15) is 4.79 Å². The van der Waals surface area contributed by atoms with E-state index in [2.05, 4.69) is 69.1 Å². The minimum Gasteiger partial charge on any atom is -0.354 e. The molecule has 1 saturated heterocycles. The maximum absolute atomic E-state index is 11.9. The summed E-state index contributed by atoms with van der Waals surface area (Å²) in [5.41, 5.74) is 6.36. The van der Waals surface area contributed by atoms with E-state index in [1.807, 2.05) is 12.4 Å². The number of rotatable bonds is 11. The number of benzene rings is 1. The highest BCUT2D eigenvalue weighted by Crippen LogP contribution is 2.36. The van der Waals surface area contributed by atoms with Crippen molar-refractivity contribution in [1.82, 2.24) is 29.7 Å². The second kappa shape index (κ2) is 12.5. The monoisotopic (exact) mass is 538 g/mol. The van der Waals surface area contributed by atoms with E-state index in [0.29, 0.717) is 12.6 Å². The van der Waals surface area contributed by atoms with Crippen molar-refractivity contribution in [3.05, 3.63) is 71.8 Å². The Hall–Kier alpha value is -3.29. The van der Waals surface area contributed by atoms with Crippen LogP contribution in [-0.2, 0) is 24.3 Å². The normalized spacial score (nSPS) is 17.9. The number of fused-ring (bicyclic) bond motifs is 4. The fourth-order valence-electron chi connectivity index (χ4n) is 6.80. The third-order valence-electron chi connectivity index (χ3n) is 8.74. The Morgan fingerprint density at radius 2 is 1.93 bits per heavy atom. The van der Waals surface area contributed by atoms with Crippen molar-refractivity contribution in [3.63, 3.8) is 0 Å². The lowest BCUT2D eigenvalue weighted by Crippen LogP contribution is -2.47. The summed E-state index contributed by atoms with van der Waals surface area (Å²) in [4.78, 5) is 26.8. The maximum Gasteiger partial charge on any atom is 0.234 e. The molecule has 1 unspecified atom stereocenters. The smallest absolute Gasteiger partial charge is 0.234 e. The van der Waals surface area contributed by atoms with Crippen molar-refractivity contribution in [1.29, 1.82) is 0 Å². The molecule has 6 rings (SSSR count). The van der Waals surface area contributed by atoms with Crippen LogP contribution in [0.2, 0.25) is 0 Å². The van der Waals surface area contributed by atoms with Crippen LogP contribution in [0.5, 0.6) is 0 Å². The molecule has 4 aromatic rings. The number of carbonyl (C=O) groups excluding carboxylic acids is 1. The number of nitrogens with one attached hydrogen (secondary N) is 1. The molecule has 1 N–H and O–H groups in total. The first-order valence-corrected chi connectivity index (χ1v) is 15.2. The summed E-state index contributed by atoms with van der Waals surface area (Å²) >= 11 is 0. The third kappa shape index (κ3) is 5.63. The molecule has 4 heterocycles. The Morgan fingerprint density at radius 3 is 2.83 bits per heavy atom. The maximum atomic E-state index is 11.9. The Bertz CT molecular complexity index is 1460. The first kappa shape index (κ1) is 26.9. The Kier molecular flexibility index (Phi) is 8.40. The van der Waals surface area contributed by atoms with Crippen LogP contribution in [0.25, 0.3) is 21.8 Å². The molecule has 1 aliphatic heterocycles. The minimum atomic E-state index is 0.136. The van der Waals surface area contributed by atoms with Crippen molar-refractivity contribution >= 4 is 27.7 Å². The van der Waals surface area contributed by atoms with Gasteiger partial charge >= 0.3 is 0 Å². The fourth-order valence-corrected chi connectivity index (χ4v) is 6.80. The van der Waals surface area contributed by atoms with E-state index in [-0.39, 0.29) is 5.91 Å². The molecule has 0 bridgehead atoms. The number of unbranched alkanes of at least 4 members (excludes halogenated alkanes) is 2. The predicted molar refractivity (Wildman–Crippen MR) is 161 cm³/mol. The van der Waals surface area contributed by atoms with E-state index >= 15 is 0 Å². The number of pyridine rings is 2. The summed E-state index contributed by atoms with van der Waals surface area (Å²) in [6.45, 7) is 8.16. The fraction of sp³-hybridized carbons (Fsp3) is 0.485. The van der Waals surface area contributed by atoms with Crippen molar-refractivity contribution < 1.29 is 4.79 Å². The van der Waals surface area contributed by atoms with Gasteiger partial charge in [-0.3, -0.25) is 24.6 Å². The summed E-state index contributed by atoms with van der Waals surface area (Å²) in [5.74, 6) is 0.136. The van der Waals surface area contributed by atoms with Crippen LogP contribution in [-0.4, -0.2) is 63.0 Å². The lowest BCUT2D eigenvalue weighted by molar-refractivity contribution is -0.124. The van der Waals surface area contributed by atoms with Crippen LogP contribution in [0.4, 0.5) is 0 Å². The van der Waals surface area contributed by atoms with Gasteiger partial charge in [0.25, 0.3) is 0 Å². The van der Waals surface area contributed by atoms with E-state index < -0.39 is 0 Å². The SMILES string of the molecule is CCCCCN(Cc1nccc2c3ccccc3n(CCCN3CCNC(=O)C3)c12)C1CCCc2cccnc21. The van der Waals surface area contributed by atoms with Gasteiger partial charge in [-0.05, 0) is 62.4 Å². The predicted octanol–water partition coefficient (Wildman–Crippen LogP) is 5.48. The Balaban J connectivity index is 1.33. The van der Waals surface area contributed by atoms with Crippen LogP contribution >= 0.6 is 0 Å². The van der Waals surface area contributed by atoms with Crippen LogP contribution in [0, 0.1) is 0 Å². The molecule has 210 valence electrons. The molecular formula is C33H42N6O. The quantitative estimate of drug-likeness (QED) is 0.256. The molecule has 40 heavy (non-hydrogen) atoms. The third-order valence-corrected chi connectivity index (χ3v) is 8.74. The molecule has 1 aliphatic carbocycles. The van der Waals surface area contributed by atoms with Gasteiger partial charge in [0.05, 0.1) is 29.5 Å². The molecule has 3 aromatic heterocycles. The van der Waals surface area contributed by atoms with Gasteiger partial charge in [0.15, 0.2) is 0 Å². The standard InChI is InChI=1S/C33H42N6O/c1-2-3-6-20-38(30-14-7-10-25-11-8-16-36-32(25)30)23-28-33-27(15-17-34-28)26-12-4-5-13-29(26)39(33)21-9-19-37-22-18-35-31(40)24-37/h4-5,8,11-13,15-17,30H,2-3,6-7,9-10,14,18-24H2,1H3,(H,35,40). The van der Waals surface area contributed by atoms with Gasteiger partial charge in [0.1, 0.15) is 0 Å². The number of amides is 1. The number of piperazine rings is 1.